The molecule has 0 radical (unpaired) electrons. The second-order valence-electron chi connectivity index (χ2n) is 6.83. The molecule has 8 nitrogen and oxygen atoms in total. The molecule has 0 bridgehead atoms. The summed E-state index contributed by atoms with van der Waals surface area (Å²) in [5.41, 5.74) is 1.59. The van der Waals surface area contributed by atoms with Crippen molar-refractivity contribution in [1.82, 2.24) is 4.90 Å². The van der Waals surface area contributed by atoms with Crippen molar-refractivity contribution < 1.29 is 27.4 Å². The summed E-state index contributed by atoms with van der Waals surface area (Å²) in [6, 6.07) is 10.8. The molecule has 0 aliphatic heterocycles. The molecule has 0 fully saturated rings. The van der Waals surface area contributed by atoms with Crippen LogP contribution in [0.3, 0.4) is 0 Å². The molecule has 0 aliphatic carbocycles. The van der Waals surface area contributed by atoms with Crippen LogP contribution in [0.15, 0.2) is 36.4 Å². The van der Waals surface area contributed by atoms with Crippen molar-refractivity contribution in [1.29, 1.82) is 0 Å². The first-order valence-corrected chi connectivity index (χ1v) is 11.3. The van der Waals surface area contributed by atoms with E-state index in [1.807, 2.05) is 25.2 Å². The maximum atomic E-state index is 11.4. The highest BCUT2D eigenvalue weighted by molar-refractivity contribution is 7.92. The summed E-state index contributed by atoms with van der Waals surface area (Å²) in [6.45, 7) is 2.05. The lowest BCUT2D eigenvalue weighted by atomic mass is 10.1. The predicted octanol–water partition coefficient (Wildman–Crippen LogP) is 2.64. The number of likely N-dealkylation sites (N-methyl/N-ethyl adjacent to an activating group) is 1. The number of ether oxygens (including phenoxy) is 4. The van der Waals surface area contributed by atoms with Crippen LogP contribution in [-0.2, 0) is 16.4 Å². The average molecular weight is 439 g/mol. The number of nitrogens with one attached hydrogen (secondary N) is 1. The van der Waals surface area contributed by atoms with E-state index in [4.69, 9.17) is 18.9 Å². The molecular formula is C21H30N2O6S. The Hall–Kier alpha value is -2.65. The molecule has 0 amide bonds. The van der Waals surface area contributed by atoms with Gasteiger partial charge in [0.25, 0.3) is 0 Å². The van der Waals surface area contributed by atoms with Crippen molar-refractivity contribution in [3.05, 3.63) is 42.0 Å². The molecule has 30 heavy (non-hydrogen) atoms. The van der Waals surface area contributed by atoms with Gasteiger partial charge in [0.05, 0.1) is 33.3 Å². The summed E-state index contributed by atoms with van der Waals surface area (Å²) < 4.78 is 46.9. The van der Waals surface area contributed by atoms with Gasteiger partial charge in [-0.05, 0) is 43.3 Å². The van der Waals surface area contributed by atoms with Crippen molar-refractivity contribution in [2.45, 2.75) is 6.42 Å². The topological polar surface area (TPSA) is 86.3 Å². The second kappa shape index (κ2) is 10.9. The molecule has 0 atom stereocenters. The van der Waals surface area contributed by atoms with Crippen molar-refractivity contribution >= 4 is 15.7 Å². The monoisotopic (exact) mass is 438 g/mol. The Morgan fingerprint density at radius 2 is 1.50 bits per heavy atom. The molecule has 0 aliphatic rings. The number of nitrogens with zero attached hydrogens (tertiary/aromatic N) is 1. The van der Waals surface area contributed by atoms with Gasteiger partial charge >= 0.3 is 0 Å². The largest absolute Gasteiger partial charge is 0.493 e. The minimum atomic E-state index is -3.35. The van der Waals surface area contributed by atoms with Crippen LogP contribution in [0.5, 0.6) is 23.0 Å². The quantitative estimate of drug-likeness (QED) is 0.545. The molecular weight excluding hydrogens is 408 g/mol. The molecule has 0 heterocycles. The Morgan fingerprint density at radius 1 is 0.867 bits per heavy atom. The van der Waals surface area contributed by atoms with Crippen LogP contribution in [0.2, 0.25) is 0 Å². The van der Waals surface area contributed by atoms with E-state index in [9.17, 15) is 8.42 Å². The molecule has 9 heteroatoms. The summed E-state index contributed by atoms with van der Waals surface area (Å²) in [6.07, 6.45) is 1.97. The number of sulfonamides is 1. The van der Waals surface area contributed by atoms with E-state index in [-0.39, 0.29) is 0 Å². The van der Waals surface area contributed by atoms with E-state index < -0.39 is 10.0 Å². The van der Waals surface area contributed by atoms with Gasteiger partial charge in [0, 0.05) is 19.2 Å². The van der Waals surface area contributed by atoms with E-state index in [1.165, 1.54) is 7.11 Å². The molecule has 2 aromatic rings. The van der Waals surface area contributed by atoms with Gasteiger partial charge in [-0.1, -0.05) is 6.07 Å². The van der Waals surface area contributed by atoms with Crippen LogP contribution >= 0.6 is 0 Å². The van der Waals surface area contributed by atoms with Crippen LogP contribution in [0.4, 0.5) is 5.69 Å². The van der Waals surface area contributed by atoms with Gasteiger partial charge in [-0.2, -0.15) is 0 Å². The van der Waals surface area contributed by atoms with Crippen LogP contribution in [0.25, 0.3) is 0 Å². The molecule has 1 N–H and O–H groups in total. The molecule has 2 aromatic carbocycles. The van der Waals surface area contributed by atoms with Crippen molar-refractivity contribution in [3.8, 4) is 23.0 Å². The Balaban J connectivity index is 1.85. The van der Waals surface area contributed by atoms with Gasteiger partial charge in [-0.15, -0.1) is 0 Å². The van der Waals surface area contributed by atoms with Crippen LogP contribution in [-0.4, -0.2) is 67.6 Å². The third-order valence-corrected chi connectivity index (χ3v) is 5.03. The van der Waals surface area contributed by atoms with Crippen LogP contribution in [0, 0.1) is 0 Å². The van der Waals surface area contributed by atoms with Gasteiger partial charge < -0.3 is 23.8 Å². The maximum absolute atomic E-state index is 11.4. The minimum absolute atomic E-state index is 0.425. The molecule has 0 saturated heterocycles. The molecule has 0 aromatic heterocycles. The average Bonchev–Trinajstić information content (AvgIpc) is 2.71. The smallest absolute Gasteiger partial charge is 0.229 e. The molecule has 0 unspecified atom stereocenters. The number of hydrogen-bond acceptors (Lipinski definition) is 7. The molecule has 0 spiro atoms. The fourth-order valence-electron chi connectivity index (χ4n) is 2.84. The first kappa shape index (κ1) is 23.6. The highest BCUT2D eigenvalue weighted by Gasteiger charge is 2.10. The lowest BCUT2D eigenvalue weighted by molar-refractivity contribution is 0.231. The van der Waals surface area contributed by atoms with Gasteiger partial charge in [0.15, 0.2) is 23.0 Å². The number of methoxy groups -OCH3 is 3. The Bertz CT molecular complexity index is 933. The second-order valence-corrected chi connectivity index (χ2v) is 8.58. The summed E-state index contributed by atoms with van der Waals surface area (Å²) in [4.78, 5) is 2.17. The first-order valence-electron chi connectivity index (χ1n) is 9.43. The van der Waals surface area contributed by atoms with Crippen LogP contribution in [0.1, 0.15) is 5.56 Å². The van der Waals surface area contributed by atoms with Gasteiger partial charge in [-0.3, -0.25) is 4.72 Å². The standard InChI is InChI=1S/C21H30N2O6S/c1-23(11-10-16-6-8-18(26-2)20(14-16)27-3)12-13-29-19-9-7-17(15-21(19)28-4)22-30(5,24)25/h6-9,14-15,22H,10-13H2,1-5H3. The third-order valence-electron chi connectivity index (χ3n) is 4.43. The molecule has 166 valence electrons. The minimum Gasteiger partial charge on any atom is -0.493 e. The van der Waals surface area contributed by atoms with E-state index in [1.54, 1.807) is 32.4 Å². The van der Waals surface area contributed by atoms with Crippen LogP contribution < -0.4 is 23.7 Å². The Kier molecular flexibility index (Phi) is 8.61. The fraction of sp³-hybridized carbons (Fsp3) is 0.429. The highest BCUT2D eigenvalue weighted by atomic mass is 32.2. The van der Waals surface area contributed by atoms with Gasteiger partial charge in [0.2, 0.25) is 10.0 Å². The third kappa shape index (κ3) is 7.31. The van der Waals surface area contributed by atoms with Gasteiger partial charge in [-0.25, -0.2) is 8.42 Å². The molecule has 0 saturated carbocycles. The number of anilines is 1. The van der Waals surface area contributed by atoms with E-state index in [2.05, 4.69) is 9.62 Å². The first-order chi connectivity index (χ1) is 14.3. The van der Waals surface area contributed by atoms with E-state index >= 15 is 0 Å². The SMILES string of the molecule is COc1ccc(CCN(C)CCOc2ccc(NS(C)(=O)=O)cc2OC)cc1OC. The highest BCUT2D eigenvalue weighted by Crippen LogP contribution is 2.30. The van der Waals surface area contributed by atoms with Crippen molar-refractivity contribution in [3.63, 3.8) is 0 Å². The van der Waals surface area contributed by atoms with Gasteiger partial charge in [0.1, 0.15) is 6.61 Å². The summed E-state index contributed by atoms with van der Waals surface area (Å²) in [7, 11) is 3.44. The fourth-order valence-corrected chi connectivity index (χ4v) is 3.40. The normalized spacial score (nSPS) is 11.3. The van der Waals surface area contributed by atoms with Crippen molar-refractivity contribution in [2.24, 2.45) is 0 Å². The lowest BCUT2D eigenvalue weighted by Gasteiger charge is -2.18. The zero-order chi connectivity index (χ0) is 22.1. The van der Waals surface area contributed by atoms with E-state index in [0.29, 0.717) is 23.8 Å². The summed E-state index contributed by atoms with van der Waals surface area (Å²) in [5.74, 6) is 2.47. The molecule has 2 rings (SSSR count). The Morgan fingerprint density at radius 3 is 2.13 bits per heavy atom. The number of hydrogen-bond donors (Lipinski definition) is 1. The number of benzene rings is 2. The lowest BCUT2D eigenvalue weighted by Crippen LogP contribution is -2.26. The summed E-state index contributed by atoms with van der Waals surface area (Å²) >= 11 is 0. The maximum Gasteiger partial charge on any atom is 0.229 e. The number of rotatable bonds is 12. The van der Waals surface area contributed by atoms with E-state index in [0.717, 1.165) is 42.8 Å². The van der Waals surface area contributed by atoms with Crippen molar-refractivity contribution in [2.75, 3.05) is 59.1 Å². The zero-order valence-electron chi connectivity index (χ0n) is 18.1. The summed E-state index contributed by atoms with van der Waals surface area (Å²) in [5, 5.41) is 0. The zero-order valence-corrected chi connectivity index (χ0v) is 18.9. The predicted molar refractivity (Wildman–Crippen MR) is 118 cm³/mol. The Labute approximate surface area is 178 Å².